The molecular weight excluding hydrogens is 1220 g/mol. The second-order valence-electron chi connectivity index (χ2n) is 37.5. The van der Waals surface area contributed by atoms with Crippen LogP contribution in [-0.4, -0.2) is 106 Å². The van der Waals surface area contributed by atoms with Crippen molar-refractivity contribution in [1.82, 2.24) is 10.2 Å². The molecule has 5 saturated heterocycles. The molecular formula is C85H100N2O11. The zero-order chi connectivity index (χ0) is 65.3. The number of carbonyl (C=O) groups is 3. The van der Waals surface area contributed by atoms with Crippen molar-refractivity contribution in [2.75, 3.05) is 26.4 Å². The Morgan fingerprint density at radius 1 is 0.837 bits per heavy atom. The summed E-state index contributed by atoms with van der Waals surface area (Å²) in [7, 11) is 0. The number of allylic oxidation sites excluding steroid dienone is 7. The molecule has 1 aromatic carbocycles. The molecule has 1 aromatic heterocycles. The van der Waals surface area contributed by atoms with Gasteiger partial charge in [-0.1, -0.05) is 130 Å². The minimum atomic E-state index is -1.55. The van der Waals surface area contributed by atoms with Crippen molar-refractivity contribution in [3.63, 3.8) is 0 Å². The van der Waals surface area contributed by atoms with Crippen molar-refractivity contribution in [2.45, 2.75) is 202 Å². The summed E-state index contributed by atoms with van der Waals surface area (Å²) < 4.78 is 38.9. The topological polar surface area (TPSA) is 181 Å². The summed E-state index contributed by atoms with van der Waals surface area (Å²) >= 11 is 0. The maximum absolute atomic E-state index is 18.6. The summed E-state index contributed by atoms with van der Waals surface area (Å²) in [5, 5.41) is 42.4. The largest absolute Gasteiger partial charge is 0.469 e. The average Bonchev–Trinajstić information content (AvgIpc) is 1.40. The van der Waals surface area contributed by atoms with Gasteiger partial charge in [0.15, 0.2) is 11.9 Å². The molecule has 0 radical (unpaired) electrons. The van der Waals surface area contributed by atoms with Crippen LogP contribution in [0.25, 0.3) is 0 Å². The van der Waals surface area contributed by atoms with Crippen LogP contribution in [0.5, 0.6) is 0 Å². The van der Waals surface area contributed by atoms with Crippen LogP contribution in [0.2, 0.25) is 0 Å². The summed E-state index contributed by atoms with van der Waals surface area (Å²) in [5.74, 6) is 0.646. The molecule has 13 nitrogen and oxygen atoms in total. The minimum Gasteiger partial charge on any atom is -0.469 e. The van der Waals surface area contributed by atoms with Crippen molar-refractivity contribution in [2.24, 2.45) is 139 Å². The number of hydrogen-bond donors (Lipinski definition) is 4. The number of benzene rings is 1. The van der Waals surface area contributed by atoms with Crippen molar-refractivity contribution in [3.05, 3.63) is 132 Å². The van der Waals surface area contributed by atoms with E-state index in [4.69, 9.17) is 18.6 Å². The van der Waals surface area contributed by atoms with Crippen LogP contribution in [0.3, 0.4) is 0 Å². The third-order valence-electron chi connectivity index (χ3n) is 35.7. The number of hydrogen-bond acceptors (Lipinski definition) is 13. The van der Waals surface area contributed by atoms with Crippen LogP contribution in [0.1, 0.15) is 165 Å². The molecule has 516 valence electrons. The van der Waals surface area contributed by atoms with Gasteiger partial charge in [-0.2, -0.15) is 0 Å². The first-order chi connectivity index (χ1) is 47.8. The second-order valence-corrected chi connectivity index (χ2v) is 37.5. The summed E-state index contributed by atoms with van der Waals surface area (Å²) in [6, 6.07) is 13.4. The summed E-state index contributed by atoms with van der Waals surface area (Å²) in [5.41, 5.74) is -5.15. The van der Waals surface area contributed by atoms with Gasteiger partial charge in [0.25, 0.3) is 0 Å². The molecule has 0 unspecified atom stereocenters. The molecule has 14 aliphatic carbocycles. The lowest BCUT2D eigenvalue weighted by Crippen LogP contribution is -2.84. The lowest BCUT2D eigenvalue weighted by Gasteiger charge is -2.74. The van der Waals surface area contributed by atoms with Crippen LogP contribution >= 0.6 is 0 Å². The number of cyclic esters (lactones) is 2. The number of nitrogens with one attached hydrogen (secondary N) is 1. The molecule has 31 atom stereocenters. The standard InChI is InChI=1S/C85H100N2O11/c1-76-40-52-41-81-56-35-53(77(81)26-7-8-27-77)23-29-80(81)75(93)95-44-79-69(52)82(54-14-9-12-47(33-54)32-46-10-3-2-4-11-46,85(76)73(97-85)74(92)96-72(76)60-25-31-94-66(60)39-61(65(89)43-88)50-17-20-59-51(34-50)24-30-87-45-86-42-64(59)87)71(91)68(90)70(79)83-55-19-16-49-18-21-62-58-15-6-5-13-48(58)22-28-78(62,63(49)37-55)67(83)38-57(36-56)84(79,80)98-83/h2-4,10-11,16,18-19,22-25,28-31,38,47-48,50-56,58-59,61-65,67,69-73,86,88-89,91H,5-9,12-15,17,20-21,26-27,32-37,39-45H2,1H3/t47-,48-,50+,51-,52+,53-,54+,55+,56-,58+,59+,61+,62+,63+,64-,65-,67-,69-,70+,71-,72+,73-,76+,78+,79-,80+,81+,82+,83+,84-,85-/m1/s1. The number of aliphatic hydroxyl groups is 3. The normalized spacial score (nSPS) is 54.3. The van der Waals surface area contributed by atoms with Crippen LogP contribution in [0.15, 0.2) is 119 Å². The Morgan fingerprint density at radius 3 is 2.59 bits per heavy atom. The molecule has 8 bridgehead atoms. The number of rotatable bonds is 9. The van der Waals surface area contributed by atoms with Crippen molar-refractivity contribution in [3.8, 4) is 0 Å². The van der Waals surface area contributed by atoms with Gasteiger partial charge < -0.3 is 43.6 Å². The van der Waals surface area contributed by atoms with Gasteiger partial charge in [-0.25, -0.2) is 4.79 Å². The van der Waals surface area contributed by atoms with E-state index in [1.54, 1.807) is 6.26 Å². The number of esters is 2. The van der Waals surface area contributed by atoms with Crippen LogP contribution in [0.4, 0.5) is 0 Å². The first-order valence-corrected chi connectivity index (χ1v) is 39.8. The number of Topliss-reactive ketones (excluding diaryl/α,β-unsaturated/α-hetero) is 1. The van der Waals surface area contributed by atoms with E-state index in [1.165, 1.54) is 42.4 Å². The van der Waals surface area contributed by atoms with Gasteiger partial charge >= 0.3 is 11.9 Å². The fraction of sp³-hybridized carbons (Fsp3) is 0.706. The third kappa shape index (κ3) is 6.25. The molecule has 0 amide bonds. The van der Waals surface area contributed by atoms with Gasteiger partial charge in [-0.15, -0.1) is 0 Å². The van der Waals surface area contributed by atoms with E-state index in [2.05, 4.69) is 108 Å². The van der Waals surface area contributed by atoms with Gasteiger partial charge in [0.05, 0.1) is 42.6 Å². The number of fused-ring (bicyclic) bond motifs is 6. The maximum atomic E-state index is 18.6. The highest BCUT2D eigenvalue weighted by Crippen LogP contribution is 2.96. The van der Waals surface area contributed by atoms with E-state index >= 15 is 19.5 Å². The molecule has 13 heteroatoms. The Labute approximate surface area is 576 Å². The van der Waals surface area contributed by atoms with E-state index < -0.39 is 86.1 Å². The molecule has 98 heavy (non-hydrogen) atoms. The van der Waals surface area contributed by atoms with Crippen molar-refractivity contribution < 1.29 is 53.1 Å². The van der Waals surface area contributed by atoms with Gasteiger partial charge in [0.1, 0.15) is 41.2 Å². The number of aliphatic hydroxyl groups excluding tert-OH is 3. The molecule has 21 aliphatic rings. The van der Waals surface area contributed by atoms with Crippen LogP contribution in [0, 0.1) is 139 Å². The highest BCUT2D eigenvalue weighted by atomic mass is 16.7. The molecule has 23 rings (SSSR count). The van der Waals surface area contributed by atoms with E-state index in [0.29, 0.717) is 54.2 Å². The molecule has 7 aliphatic heterocycles. The molecule has 4 N–H and O–H groups in total. The number of ether oxygens (including phenoxy) is 4. The van der Waals surface area contributed by atoms with Gasteiger partial charge in [0.2, 0.25) is 0 Å². The predicted molar refractivity (Wildman–Crippen MR) is 361 cm³/mol. The van der Waals surface area contributed by atoms with E-state index in [9.17, 15) is 14.9 Å². The zero-order valence-corrected chi connectivity index (χ0v) is 57.2. The van der Waals surface area contributed by atoms with Crippen LogP contribution < -0.4 is 5.32 Å². The Balaban J connectivity index is 0.763. The second kappa shape index (κ2) is 19.5. The van der Waals surface area contributed by atoms with E-state index in [0.717, 1.165) is 128 Å². The van der Waals surface area contributed by atoms with Crippen molar-refractivity contribution in [1.29, 1.82) is 0 Å². The Bertz CT molecular complexity index is 4010. The third-order valence-corrected chi connectivity index (χ3v) is 35.7. The first kappa shape index (κ1) is 59.6. The first-order valence-electron chi connectivity index (χ1n) is 39.8. The number of ketones is 1. The van der Waals surface area contributed by atoms with E-state index in [-0.39, 0.29) is 95.0 Å². The number of furan rings is 1. The van der Waals surface area contributed by atoms with Gasteiger partial charge in [-0.05, 0) is 220 Å². The summed E-state index contributed by atoms with van der Waals surface area (Å²) in [6.07, 6.45) is 44.1. The number of epoxide rings is 1. The highest BCUT2D eigenvalue weighted by molar-refractivity contribution is 5.96. The number of nitrogens with zero attached hydrogens (tertiary/aromatic N) is 1. The Hall–Kier alpha value is -4.89. The average molecular weight is 1330 g/mol. The smallest absolute Gasteiger partial charge is 0.339 e. The molecule has 8 heterocycles. The SMILES string of the molecule is C[C@@]12C[C@H]3C[C@@]45[C@H]6CC7=C[C@@H]8[C@@]9%10C=C[C@H]%11CCCC[C@@H]%11[C@@H]9CC=C9C=C[C@@H](C[C@@H]9%10)[C@]89O[C@@]78[C@@]7(COC(=O)[C@]84C=C[C@H](C6)C54CCCC4)[C@@H]9C(=O)[C@@H](O)[C@]([C@H]4CCC[C@H](Cc5ccccc5)C4)([C@H]37)[C@]13O[C@@H]3C(=O)O[C@H]2c1ccoc1C[C@@H]([C@H]1CC[C@H]2[C@H](C=CN3CNC[C@H]23)C1)[C@H](O)CO. The maximum Gasteiger partial charge on any atom is 0.339 e. The Morgan fingerprint density at radius 2 is 1.71 bits per heavy atom. The molecule has 10 saturated carbocycles. The lowest BCUT2D eigenvalue weighted by molar-refractivity contribution is -0.314. The van der Waals surface area contributed by atoms with E-state index in [1.807, 2.05) is 6.07 Å². The molecule has 15 fully saturated rings. The zero-order valence-electron chi connectivity index (χ0n) is 57.2. The predicted octanol–water partition coefficient (Wildman–Crippen LogP) is 12.2. The van der Waals surface area contributed by atoms with Crippen LogP contribution in [-0.2, 0) is 46.2 Å². The fourth-order valence-electron chi connectivity index (χ4n) is 33.5. The highest BCUT2D eigenvalue weighted by Gasteiger charge is 3.03. The summed E-state index contributed by atoms with van der Waals surface area (Å²) in [6.45, 7) is 3.83. The quantitative estimate of drug-likeness (QED) is 0.106. The van der Waals surface area contributed by atoms with Gasteiger partial charge in [0, 0.05) is 58.1 Å². The minimum absolute atomic E-state index is 0.0265. The molecule has 2 aromatic rings. The Kier molecular flexibility index (Phi) is 11.9. The molecule has 8 spiro atoms. The fourth-order valence-corrected chi connectivity index (χ4v) is 33.5. The lowest BCUT2D eigenvalue weighted by atomic mass is 9.28. The number of carbonyl (C=O) groups excluding carboxylic acids is 3. The monoisotopic (exact) mass is 1320 g/mol. The van der Waals surface area contributed by atoms with Crippen molar-refractivity contribution >= 4 is 17.7 Å². The van der Waals surface area contributed by atoms with Gasteiger partial charge in [-0.3, -0.25) is 14.9 Å². The summed E-state index contributed by atoms with van der Waals surface area (Å²) in [4.78, 5) is 54.5.